The minimum atomic E-state index is 0. The summed E-state index contributed by atoms with van der Waals surface area (Å²) < 4.78 is 1.93. The Bertz CT molecular complexity index is 614. The number of rotatable bonds is 6. The second-order valence-electron chi connectivity index (χ2n) is 5.15. The van der Waals surface area contributed by atoms with Gasteiger partial charge in [0.05, 0.1) is 25.0 Å². The van der Waals surface area contributed by atoms with Crippen LogP contribution in [-0.4, -0.2) is 33.8 Å². The second kappa shape index (κ2) is 9.86. The average Bonchev–Trinajstić information content (AvgIpc) is 3.03. The van der Waals surface area contributed by atoms with Gasteiger partial charge < -0.3 is 10.6 Å². The predicted molar refractivity (Wildman–Crippen MR) is 107 cm³/mol. The number of aryl methyl sites for hydroxylation is 3. The number of nitrogens with one attached hydrogen (secondary N) is 2. The van der Waals surface area contributed by atoms with Crippen molar-refractivity contribution in [3.8, 4) is 0 Å². The highest BCUT2D eigenvalue weighted by Gasteiger charge is 2.04. The maximum atomic E-state index is 4.59. The molecule has 2 aromatic heterocycles. The predicted octanol–water partition coefficient (Wildman–Crippen LogP) is 2.64. The van der Waals surface area contributed by atoms with Crippen LogP contribution in [0.15, 0.2) is 17.4 Å². The average molecular weight is 448 g/mol. The van der Waals surface area contributed by atoms with E-state index >= 15 is 0 Å². The number of nitrogens with zero attached hydrogens (tertiary/aromatic N) is 4. The monoisotopic (exact) mass is 448 g/mol. The standard InChI is InChI=1S/C15H24N6S.HI/c1-5-16-15(17-6-7-21-10-11(2)8-19-21)18-9-14-20-12(3)13(4)22-14;/h8,10H,5-7,9H2,1-4H3,(H2,16,17,18);1H. The van der Waals surface area contributed by atoms with Gasteiger partial charge in [0.25, 0.3) is 0 Å². The zero-order chi connectivity index (χ0) is 15.9. The van der Waals surface area contributed by atoms with Crippen molar-refractivity contribution in [3.05, 3.63) is 33.5 Å². The molecule has 23 heavy (non-hydrogen) atoms. The molecule has 0 aromatic carbocycles. The number of guanidine groups is 1. The van der Waals surface area contributed by atoms with E-state index in [1.807, 2.05) is 30.9 Å². The molecular formula is C15H25IN6S. The van der Waals surface area contributed by atoms with Crippen molar-refractivity contribution < 1.29 is 0 Å². The maximum absolute atomic E-state index is 4.59. The molecule has 0 spiro atoms. The van der Waals surface area contributed by atoms with E-state index in [0.29, 0.717) is 6.54 Å². The van der Waals surface area contributed by atoms with Crippen LogP contribution in [-0.2, 0) is 13.1 Å². The molecule has 128 valence electrons. The quantitative estimate of drug-likeness (QED) is 0.405. The van der Waals surface area contributed by atoms with Crippen molar-refractivity contribution in [2.24, 2.45) is 4.99 Å². The van der Waals surface area contributed by atoms with Crippen molar-refractivity contribution in [1.29, 1.82) is 0 Å². The van der Waals surface area contributed by atoms with E-state index in [-0.39, 0.29) is 24.0 Å². The van der Waals surface area contributed by atoms with E-state index in [9.17, 15) is 0 Å². The number of halogens is 1. The van der Waals surface area contributed by atoms with Gasteiger partial charge in [-0.15, -0.1) is 35.3 Å². The topological polar surface area (TPSA) is 67.1 Å². The third kappa shape index (κ3) is 6.46. The van der Waals surface area contributed by atoms with Gasteiger partial charge in [-0.3, -0.25) is 4.68 Å². The fraction of sp³-hybridized carbons (Fsp3) is 0.533. The Balaban J connectivity index is 0.00000264. The van der Waals surface area contributed by atoms with Crippen LogP contribution in [0.1, 0.15) is 28.1 Å². The molecule has 8 heteroatoms. The van der Waals surface area contributed by atoms with Gasteiger partial charge in [-0.25, -0.2) is 9.98 Å². The molecule has 0 aliphatic heterocycles. The van der Waals surface area contributed by atoms with Crippen LogP contribution in [0.25, 0.3) is 0 Å². The van der Waals surface area contributed by atoms with E-state index in [2.05, 4.69) is 39.6 Å². The lowest BCUT2D eigenvalue weighted by atomic mass is 10.4. The molecule has 0 amide bonds. The summed E-state index contributed by atoms with van der Waals surface area (Å²) in [5, 5.41) is 11.9. The Morgan fingerprint density at radius 2 is 2.09 bits per heavy atom. The van der Waals surface area contributed by atoms with Gasteiger partial charge in [0, 0.05) is 24.2 Å². The highest BCUT2D eigenvalue weighted by molar-refractivity contribution is 14.0. The van der Waals surface area contributed by atoms with Crippen molar-refractivity contribution in [1.82, 2.24) is 25.4 Å². The molecule has 2 heterocycles. The Hall–Kier alpha value is -1.16. The van der Waals surface area contributed by atoms with Crippen LogP contribution in [0.4, 0.5) is 0 Å². The molecule has 0 bridgehead atoms. The van der Waals surface area contributed by atoms with Crippen LogP contribution in [0, 0.1) is 20.8 Å². The van der Waals surface area contributed by atoms with Crippen molar-refractivity contribution in [2.75, 3.05) is 13.1 Å². The maximum Gasteiger partial charge on any atom is 0.191 e. The fourth-order valence-corrected chi connectivity index (χ4v) is 2.83. The summed E-state index contributed by atoms with van der Waals surface area (Å²) in [5.41, 5.74) is 2.28. The third-order valence-corrected chi connectivity index (χ3v) is 4.24. The van der Waals surface area contributed by atoms with Gasteiger partial charge >= 0.3 is 0 Å². The fourth-order valence-electron chi connectivity index (χ4n) is 1.97. The first-order valence-corrected chi connectivity index (χ1v) is 8.34. The first-order chi connectivity index (χ1) is 10.6. The molecule has 2 aromatic rings. The summed E-state index contributed by atoms with van der Waals surface area (Å²) in [5.74, 6) is 0.817. The Morgan fingerprint density at radius 1 is 1.30 bits per heavy atom. The lowest BCUT2D eigenvalue weighted by molar-refractivity contribution is 0.597. The van der Waals surface area contributed by atoms with Gasteiger partial charge in [-0.05, 0) is 33.3 Å². The van der Waals surface area contributed by atoms with Crippen molar-refractivity contribution in [2.45, 2.75) is 40.8 Å². The van der Waals surface area contributed by atoms with Crippen LogP contribution in [0.5, 0.6) is 0 Å². The van der Waals surface area contributed by atoms with Gasteiger partial charge in [-0.2, -0.15) is 5.10 Å². The summed E-state index contributed by atoms with van der Waals surface area (Å²) in [7, 11) is 0. The van der Waals surface area contributed by atoms with Gasteiger partial charge in [0.1, 0.15) is 5.01 Å². The molecule has 2 N–H and O–H groups in total. The summed E-state index contributed by atoms with van der Waals surface area (Å²) in [6, 6.07) is 0. The smallest absolute Gasteiger partial charge is 0.191 e. The normalized spacial score (nSPS) is 11.2. The largest absolute Gasteiger partial charge is 0.357 e. The van der Waals surface area contributed by atoms with Gasteiger partial charge in [0.2, 0.25) is 0 Å². The van der Waals surface area contributed by atoms with Crippen LogP contribution in [0.2, 0.25) is 0 Å². The Morgan fingerprint density at radius 3 is 2.65 bits per heavy atom. The van der Waals surface area contributed by atoms with Crippen LogP contribution < -0.4 is 10.6 Å². The zero-order valence-electron chi connectivity index (χ0n) is 14.1. The molecule has 0 aliphatic rings. The number of hydrogen-bond acceptors (Lipinski definition) is 4. The molecule has 0 atom stereocenters. The van der Waals surface area contributed by atoms with E-state index < -0.39 is 0 Å². The summed E-state index contributed by atoms with van der Waals surface area (Å²) in [4.78, 5) is 10.4. The first-order valence-electron chi connectivity index (χ1n) is 7.52. The summed E-state index contributed by atoms with van der Waals surface area (Å²) >= 11 is 1.71. The van der Waals surface area contributed by atoms with E-state index in [1.165, 1.54) is 10.4 Å². The molecule has 6 nitrogen and oxygen atoms in total. The highest BCUT2D eigenvalue weighted by atomic mass is 127. The zero-order valence-corrected chi connectivity index (χ0v) is 17.2. The molecular weight excluding hydrogens is 423 g/mol. The van der Waals surface area contributed by atoms with Crippen molar-refractivity contribution >= 4 is 41.3 Å². The summed E-state index contributed by atoms with van der Waals surface area (Å²) in [6.07, 6.45) is 3.90. The molecule has 0 saturated heterocycles. The molecule has 0 radical (unpaired) electrons. The minimum Gasteiger partial charge on any atom is -0.357 e. The molecule has 2 rings (SSSR count). The second-order valence-corrected chi connectivity index (χ2v) is 6.44. The van der Waals surface area contributed by atoms with E-state index in [0.717, 1.165) is 36.3 Å². The third-order valence-electron chi connectivity index (χ3n) is 3.19. The number of thiazole rings is 1. The molecule has 0 saturated carbocycles. The summed E-state index contributed by atoms with van der Waals surface area (Å²) in [6.45, 7) is 11.3. The van der Waals surface area contributed by atoms with Crippen LogP contribution in [0.3, 0.4) is 0 Å². The van der Waals surface area contributed by atoms with Gasteiger partial charge in [-0.1, -0.05) is 0 Å². The first kappa shape index (κ1) is 19.9. The van der Waals surface area contributed by atoms with Crippen LogP contribution >= 0.6 is 35.3 Å². The lowest BCUT2D eigenvalue weighted by Gasteiger charge is -2.10. The number of hydrogen-bond donors (Lipinski definition) is 2. The van der Waals surface area contributed by atoms with E-state index in [1.54, 1.807) is 11.3 Å². The minimum absolute atomic E-state index is 0. The Labute approximate surface area is 158 Å². The van der Waals surface area contributed by atoms with E-state index in [4.69, 9.17) is 0 Å². The van der Waals surface area contributed by atoms with Gasteiger partial charge in [0.15, 0.2) is 5.96 Å². The van der Waals surface area contributed by atoms with Crippen molar-refractivity contribution in [3.63, 3.8) is 0 Å². The number of aliphatic imine (C=N–C) groups is 1. The SMILES string of the molecule is CCNC(=NCc1nc(C)c(C)s1)NCCn1cc(C)cn1.I. The molecule has 0 fully saturated rings. The lowest BCUT2D eigenvalue weighted by Crippen LogP contribution is -2.38. The highest BCUT2D eigenvalue weighted by Crippen LogP contribution is 2.16. The molecule has 0 aliphatic carbocycles. The number of aromatic nitrogens is 3. The Kier molecular flexibility index (Phi) is 8.53. The molecule has 0 unspecified atom stereocenters.